The van der Waals surface area contributed by atoms with Gasteiger partial charge in [0.1, 0.15) is 22.4 Å². The van der Waals surface area contributed by atoms with Crippen molar-refractivity contribution < 1.29 is 32.6 Å². The monoisotopic (exact) mass is 677 g/mol. The van der Waals surface area contributed by atoms with Crippen LogP contribution in [0.5, 0.6) is 5.75 Å². The molecular formula is C30H28Cl2F3N7O4. The number of carbonyl (C=O) groups excluding carboxylic acids is 1. The number of aromatic amines is 2. The molecule has 16 heteroatoms. The van der Waals surface area contributed by atoms with Crippen LogP contribution in [0.15, 0.2) is 66.7 Å². The highest BCUT2D eigenvalue weighted by Gasteiger charge is 2.38. The lowest BCUT2D eigenvalue weighted by molar-refractivity contribution is -0.192. The fraction of sp³-hybridized carbons (Fsp3) is 0.200. The summed E-state index contributed by atoms with van der Waals surface area (Å²) >= 11 is 12.8. The molecule has 0 unspecified atom stereocenters. The summed E-state index contributed by atoms with van der Waals surface area (Å²) in [4.78, 5) is 29.9. The van der Waals surface area contributed by atoms with Gasteiger partial charge < -0.3 is 31.2 Å². The highest BCUT2D eigenvalue weighted by Crippen LogP contribution is 2.31. The Morgan fingerprint density at radius 3 is 2.48 bits per heavy atom. The molecule has 2 amide bonds. The van der Waals surface area contributed by atoms with Gasteiger partial charge in [-0.3, -0.25) is 5.10 Å². The van der Waals surface area contributed by atoms with Crippen molar-refractivity contribution in [2.75, 3.05) is 12.3 Å². The molecule has 0 aliphatic rings. The average Bonchev–Trinajstić information content (AvgIpc) is 3.59. The minimum atomic E-state index is -5.08. The smallest absolute Gasteiger partial charge is 0.490 e. The number of nitrogens with two attached hydrogens (primary N) is 1. The molecule has 0 bridgehead atoms. The Labute approximate surface area is 270 Å². The Balaban J connectivity index is 0.000000617. The second-order valence-electron chi connectivity index (χ2n) is 9.71. The number of imidazole rings is 1. The number of aliphatic carboxylic acids is 1. The number of carboxylic acids is 1. The summed E-state index contributed by atoms with van der Waals surface area (Å²) in [6.07, 6.45) is -4.59. The molecule has 3 aromatic carbocycles. The Morgan fingerprint density at radius 2 is 1.80 bits per heavy atom. The van der Waals surface area contributed by atoms with Crippen molar-refractivity contribution in [2.24, 2.45) is 0 Å². The number of carbonyl (C=O) groups is 2. The molecule has 0 aliphatic carbocycles. The number of hydrogen-bond donors (Lipinski definition) is 6. The van der Waals surface area contributed by atoms with Gasteiger partial charge in [-0.05, 0) is 49.2 Å². The molecule has 0 saturated carbocycles. The Morgan fingerprint density at radius 1 is 1.09 bits per heavy atom. The highest BCUT2D eigenvalue weighted by molar-refractivity contribution is 6.32. The summed E-state index contributed by atoms with van der Waals surface area (Å²) in [6.45, 7) is 2.64. The molecule has 46 heavy (non-hydrogen) atoms. The van der Waals surface area contributed by atoms with E-state index in [2.05, 4.69) is 25.8 Å². The van der Waals surface area contributed by atoms with E-state index in [-0.39, 0.29) is 12.6 Å². The first-order valence-corrected chi connectivity index (χ1v) is 14.4. The molecule has 7 N–H and O–H groups in total. The second-order valence-corrected chi connectivity index (χ2v) is 10.5. The van der Waals surface area contributed by atoms with Gasteiger partial charge >= 0.3 is 18.2 Å². The minimum Gasteiger partial charge on any atom is -0.494 e. The van der Waals surface area contributed by atoms with Gasteiger partial charge in [0.15, 0.2) is 5.82 Å². The number of anilines is 1. The fourth-order valence-corrected chi connectivity index (χ4v) is 4.79. The zero-order valence-electron chi connectivity index (χ0n) is 24.1. The van der Waals surface area contributed by atoms with E-state index in [1.807, 2.05) is 55.5 Å². The van der Waals surface area contributed by atoms with Crippen LogP contribution in [0.1, 0.15) is 29.9 Å². The maximum atomic E-state index is 13.1. The Kier molecular flexibility index (Phi) is 11.0. The number of amides is 2. The molecule has 2 heterocycles. The largest absolute Gasteiger partial charge is 0.494 e. The number of ether oxygens (including phenoxy) is 1. The zero-order chi connectivity index (χ0) is 33.4. The lowest BCUT2D eigenvalue weighted by Crippen LogP contribution is -2.38. The van der Waals surface area contributed by atoms with Crippen molar-refractivity contribution in [2.45, 2.75) is 32.1 Å². The number of carboxylic acid groups (broad SMARTS) is 1. The van der Waals surface area contributed by atoms with E-state index >= 15 is 0 Å². The number of benzene rings is 3. The molecule has 0 fully saturated rings. The summed E-state index contributed by atoms with van der Waals surface area (Å²) in [5.74, 6) is -1.14. The third kappa shape index (κ3) is 8.82. The molecule has 0 spiro atoms. The summed E-state index contributed by atoms with van der Waals surface area (Å²) in [5.41, 5.74) is 9.82. The molecule has 0 aliphatic heterocycles. The number of aromatic nitrogens is 4. The topological polar surface area (TPSA) is 171 Å². The molecule has 1 atom stereocenters. The number of alkyl halides is 3. The first kappa shape index (κ1) is 33.9. The van der Waals surface area contributed by atoms with Crippen LogP contribution >= 0.6 is 23.2 Å². The number of hydrogen-bond acceptors (Lipinski definition) is 6. The van der Waals surface area contributed by atoms with Crippen LogP contribution in [-0.4, -0.2) is 50.1 Å². The van der Waals surface area contributed by atoms with Gasteiger partial charge in [-0.2, -0.15) is 18.3 Å². The number of rotatable bonds is 9. The van der Waals surface area contributed by atoms with Crippen molar-refractivity contribution in [1.82, 2.24) is 30.8 Å². The second kappa shape index (κ2) is 14.9. The van der Waals surface area contributed by atoms with E-state index in [1.165, 1.54) is 0 Å². The van der Waals surface area contributed by atoms with Crippen molar-refractivity contribution in [3.05, 3.63) is 93.9 Å². The summed E-state index contributed by atoms with van der Waals surface area (Å²) in [5, 5.41) is 21.8. The van der Waals surface area contributed by atoms with Crippen LogP contribution in [0, 0.1) is 0 Å². The van der Waals surface area contributed by atoms with Crippen LogP contribution in [0.2, 0.25) is 10.2 Å². The number of halogens is 5. The zero-order valence-corrected chi connectivity index (χ0v) is 25.6. The van der Waals surface area contributed by atoms with Crippen LogP contribution in [-0.2, 0) is 17.8 Å². The third-order valence-corrected chi connectivity index (χ3v) is 6.97. The SMILES string of the molecule is CCOc1ccc(Cl)cc1CNC(=O)N[C@@H](Cc1ccccc1)c1nc(-c2ccc3c(N)n[nH]c3c2)c(Cl)[nH]1.O=C(O)C(F)(F)F. The van der Waals surface area contributed by atoms with Gasteiger partial charge in [-0.25, -0.2) is 14.6 Å². The number of nitrogens with zero attached hydrogens (tertiary/aromatic N) is 2. The number of nitrogen functional groups attached to an aromatic ring is 1. The number of urea groups is 1. The van der Waals surface area contributed by atoms with Gasteiger partial charge in [0.05, 0.1) is 18.2 Å². The maximum Gasteiger partial charge on any atom is 0.490 e. The van der Waals surface area contributed by atoms with Gasteiger partial charge in [0, 0.05) is 28.1 Å². The molecule has 11 nitrogen and oxygen atoms in total. The predicted molar refractivity (Wildman–Crippen MR) is 168 cm³/mol. The van der Waals surface area contributed by atoms with Crippen molar-refractivity contribution in [1.29, 1.82) is 0 Å². The molecule has 5 aromatic rings. The molecular weight excluding hydrogens is 650 g/mol. The first-order valence-electron chi connectivity index (χ1n) is 13.6. The van der Waals surface area contributed by atoms with E-state index in [9.17, 15) is 18.0 Å². The van der Waals surface area contributed by atoms with Crippen molar-refractivity contribution in [3.8, 4) is 17.0 Å². The first-order chi connectivity index (χ1) is 21.8. The van der Waals surface area contributed by atoms with Gasteiger partial charge in [0.2, 0.25) is 0 Å². The molecule has 2 aromatic heterocycles. The maximum absolute atomic E-state index is 13.1. The molecule has 0 radical (unpaired) electrons. The summed E-state index contributed by atoms with van der Waals surface area (Å²) in [6, 6.07) is 19.9. The minimum absolute atomic E-state index is 0.233. The third-order valence-electron chi connectivity index (χ3n) is 6.47. The summed E-state index contributed by atoms with van der Waals surface area (Å²) < 4.78 is 37.4. The van der Waals surface area contributed by atoms with Gasteiger partial charge in [-0.15, -0.1) is 0 Å². The Bertz CT molecular complexity index is 1810. The van der Waals surface area contributed by atoms with Crippen LogP contribution in [0.4, 0.5) is 23.8 Å². The normalized spacial score (nSPS) is 11.8. The van der Waals surface area contributed by atoms with E-state index in [4.69, 9.17) is 48.6 Å². The summed E-state index contributed by atoms with van der Waals surface area (Å²) in [7, 11) is 0. The molecule has 0 saturated heterocycles. The van der Waals surface area contributed by atoms with Gasteiger partial charge in [-0.1, -0.05) is 59.6 Å². The number of nitrogens with one attached hydrogen (secondary N) is 4. The number of fused-ring (bicyclic) bond motifs is 1. The quantitative estimate of drug-likeness (QED) is 0.101. The van der Waals surface area contributed by atoms with E-state index in [0.717, 1.165) is 27.6 Å². The van der Waals surface area contributed by atoms with Crippen molar-refractivity contribution in [3.63, 3.8) is 0 Å². The fourth-order valence-electron chi connectivity index (χ4n) is 4.35. The standard InChI is InChI=1S/C28H27Cl2N7O2.C2HF3O2/c1-2-39-23-11-9-19(29)13-18(23)15-32-28(38)33-22(12-16-6-4-3-5-7-16)27-34-24(25(30)35-27)17-8-10-20-21(14-17)36-37-26(20)31;3-2(4,5)1(6)7/h3-11,13-14,22H,2,12,15H2,1H3,(H,34,35)(H3,31,36,37)(H2,32,33,38);(H,6,7)/t22-;/m0./s1. The van der Waals surface area contributed by atoms with Crippen LogP contribution < -0.4 is 21.1 Å². The van der Waals surface area contributed by atoms with Crippen LogP contribution in [0.25, 0.3) is 22.2 Å². The van der Waals surface area contributed by atoms with Crippen molar-refractivity contribution >= 4 is 51.9 Å². The lowest BCUT2D eigenvalue weighted by Gasteiger charge is -2.18. The van der Waals surface area contributed by atoms with E-state index in [1.54, 1.807) is 18.2 Å². The Hall–Kier alpha value is -4.95. The predicted octanol–water partition coefficient (Wildman–Crippen LogP) is 6.66. The van der Waals surface area contributed by atoms with E-state index < -0.39 is 18.2 Å². The highest BCUT2D eigenvalue weighted by atomic mass is 35.5. The number of H-pyrrole nitrogens is 2. The average molecular weight is 678 g/mol. The molecule has 242 valence electrons. The lowest BCUT2D eigenvalue weighted by atomic mass is 10.1. The van der Waals surface area contributed by atoms with Crippen LogP contribution in [0.3, 0.4) is 0 Å². The van der Waals surface area contributed by atoms with E-state index in [0.29, 0.717) is 46.3 Å². The van der Waals surface area contributed by atoms with Gasteiger partial charge in [0.25, 0.3) is 0 Å². The molecule has 5 rings (SSSR count).